The van der Waals surface area contributed by atoms with E-state index in [0.717, 1.165) is 11.1 Å². The van der Waals surface area contributed by atoms with Gasteiger partial charge < -0.3 is 0 Å². The Morgan fingerprint density at radius 1 is 0.640 bits per heavy atom. The van der Waals surface area contributed by atoms with E-state index in [1.54, 1.807) is 24.3 Å². The minimum Gasteiger partial charge on any atom is -0.216 e. The van der Waals surface area contributed by atoms with Crippen molar-refractivity contribution in [3.05, 3.63) is 59.7 Å². The van der Waals surface area contributed by atoms with Crippen LogP contribution in [0.2, 0.25) is 0 Å². The van der Waals surface area contributed by atoms with E-state index in [1.165, 1.54) is 24.3 Å². The molecule has 0 atom stereocenters. The quantitative estimate of drug-likeness (QED) is 0.675. The van der Waals surface area contributed by atoms with Gasteiger partial charge in [-0.3, -0.25) is 0 Å². The lowest BCUT2D eigenvalue weighted by Gasteiger charge is -2.01. The zero-order valence-corrected chi connectivity index (χ0v) is 15.8. The maximum absolute atomic E-state index is 12.6. The molecule has 6 nitrogen and oxygen atoms in total. The third kappa shape index (κ3) is 3.35. The van der Waals surface area contributed by atoms with Crippen LogP contribution in [0.25, 0.3) is 0 Å². The Labute approximate surface area is 150 Å². The van der Waals surface area contributed by atoms with Gasteiger partial charge in [-0.15, -0.1) is 10.2 Å². The SMILES string of the molecule is Cc1ccc(S(=O)(=O)c2nnc(S(=O)(=O)c3ccc(C)cc3)s2)cc1. The van der Waals surface area contributed by atoms with Crippen molar-refractivity contribution < 1.29 is 16.8 Å². The van der Waals surface area contributed by atoms with Crippen molar-refractivity contribution in [1.29, 1.82) is 0 Å². The number of hydrogen-bond donors (Lipinski definition) is 0. The first-order valence-corrected chi connectivity index (χ1v) is 11.0. The van der Waals surface area contributed by atoms with Crippen molar-refractivity contribution in [2.24, 2.45) is 0 Å². The molecule has 1 heterocycles. The Kier molecular flexibility index (Phi) is 4.48. The van der Waals surface area contributed by atoms with Crippen LogP contribution in [-0.2, 0) is 19.7 Å². The molecule has 1 aromatic heterocycles. The Balaban J connectivity index is 2.02. The first kappa shape index (κ1) is 17.7. The van der Waals surface area contributed by atoms with Crippen LogP contribution in [0.15, 0.2) is 67.0 Å². The van der Waals surface area contributed by atoms with Gasteiger partial charge in [0, 0.05) is 0 Å². The van der Waals surface area contributed by atoms with E-state index < -0.39 is 19.7 Å². The topological polar surface area (TPSA) is 94.1 Å². The highest BCUT2D eigenvalue weighted by molar-refractivity contribution is 7.95. The number of hydrogen-bond acceptors (Lipinski definition) is 7. The van der Waals surface area contributed by atoms with Crippen molar-refractivity contribution in [3.63, 3.8) is 0 Å². The van der Waals surface area contributed by atoms with Crippen molar-refractivity contribution in [3.8, 4) is 0 Å². The van der Waals surface area contributed by atoms with Crippen molar-refractivity contribution in [2.45, 2.75) is 32.3 Å². The number of aryl methyl sites for hydroxylation is 2. The summed E-state index contributed by atoms with van der Waals surface area (Å²) in [7, 11) is -7.81. The lowest BCUT2D eigenvalue weighted by molar-refractivity contribution is 0.589. The molecule has 0 aliphatic heterocycles. The molecule has 9 heteroatoms. The molecule has 3 rings (SSSR count). The summed E-state index contributed by atoms with van der Waals surface area (Å²) in [6.07, 6.45) is 0. The van der Waals surface area contributed by atoms with E-state index in [-0.39, 0.29) is 18.5 Å². The summed E-state index contributed by atoms with van der Waals surface area (Å²) in [5.41, 5.74) is 1.83. The highest BCUT2D eigenvalue weighted by Gasteiger charge is 2.28. The molecule has 0 spiro atoms. The molecule has 0 amide bonds. The Morgan fingerprint density at radius 2 is 0.960 bits per heavy atom. The summed E-state index contributed by atoms with van der Waals surface area (Å²) in [4.78, 5) is 0.0991. The highest BCUT2D eigenvalue weighted by Crippen LogP contribution is 2.29. The van der Waals surface area contributed by atoms with Crippen LogP contribution in [0.5, 0.6) is 0 Å². The molecule has 3 aromatic rings. The van der Waals surface area contributed by atoms with Gasteiger partial charge in [-0.25, -0.2) is 16.8 Å². The summed E-state index contributed by atoms with van der Waals surface area (Å²) in [6, 6.07) is 12.5. The van der Waals surface area contributed by atoms with Gasteiger partial charge in [-0.2, -0.15) is 0 Å². The molecule has 0 fully saturated rings. The summed E-state index contributed by atoms with van der Waals surface area (Å²) >= 11 is 0.547. The molecule has 2 aromatic carbocycles. The van der Waals surface area contributed by atoms with Crippen LogP contribution in [0.3, 0.4) is 0 Å². The van der Waals surface area contributed by atoms with E-state index in [1.807, 2.05) is 13.8 Å². The smallest absolute Gasteiger partial charge is 0.216 e. The number of benzene rings is 2. The van der Waals surface area contributed by atoms with Crippen molar-refractivity contribution >= 4 is 31.0 Å². The largest absolute Gasteiger partial charge is 0.238 e. The standard InChI is InChI=1S/C16H14N2O4S3/c1-11-3-7-13(8-4-11)24(19,20)15-17-18-16(23-15)25(21,22)14-9-5-12(2)6-10-14/h3-10H,1-2H3. The summed E-state index contributed by atoms with van der Waals surface area (Å²) in [6.45, 7) is 3.68. The molecule has 25 heavy (non-hydrogen) atoms. The van der Waals surface area contributed by atoms with Crippen LogP contribution in [0, 0.1) is 13.8 Å². The van der Waals surface area contributed by atoms with Gasteiger partial charge in [-0.05, 0) is 38.1 Å². The predicted octanol–water partition coefficient (Wildman–Crippen LogP) is 2.82. The van der Waals surface area contributed by atoms with Crippen molar-refractivity contribution in [1.82, 2.24) is 10.2 Å². The lowest BCUT2D eigenvalue weighted by Crippen LogP contribution is -2.01. The van der Waals surface area contributed by atoms with Crippen LogP contribution in [0.1, 0.15) is 11.1 Å². The summed E-state index contributed by atoms with van der Waals surface area (Å²) in [5.74, 6) is 0. The van der Waals surface area contributed by atoms with Crippen LogP contribution >= 0.6 is 11.3 Å². The molecule has 0 bridgehead atoms. The number of aromatic nitrogens is 2. The predicted molar refractivity (Wildman–Crippen MR) is 93.2 cm³/mol. The van der Waals surface area contributed by atoms with Crippen LogP contribution in [-0.4, -0.2) is 27.0 Å². The third-order valence-electron chi connectivity index (χ3n) is 3.51. The fraction of sp³-hybridized carbons (Fsp3) is 0.125. The molecule has 0 aliphatic rings. The zero-order valence-electron chi connectivity index (χ0n) is 13.4. The molecule has 0 N–H and O–H groups in total. The maximum atomic E-state index is 12.6. The van der Waals surface area contributed by atoms with E-state index >= 15 is 0 Å². The molecule has 130 valence electrons. The number of sulfone groups is 2. The summed E-state index contributed by atoms with van der Waals surface area (Å²) in [5, 5.41) is 7.19. The third-order valence-corrected chi connectivity index (χ3v) is 8.71. The minimum absolute atomic E-state index is 0.0496. The fourth-order valence-electron chi connectivity index (χ4n) is 2.05. The maximum Gasteiger partial charge on any atom is 0.238 e. The number of rotatable bonds is 4. The monoisotopic (exact) mass is 394 g/mol. The van der Waals surface area contributed by atoms with E-state index in [2.05, 4.69) is 10.2 Å². The highest BCUT2D eigenvalue weighted by atomic mass is 32.3. The van der Waals surface area contributed by atoms with Gasteiger partial charge >= 0.3 is 0 Å². The Morgan fingerprint density at radius 3 is 1.28 bits per heavy atom. The second-order valence-corrected chi connectivity index (χ2v) is 10.7. The minimum atomic E-state index is -3.90. The first-order chi connectivity index (χ1) is 11.7. The fourth-order valence-corrected chi connectivity index (χ4v) is 6.14. The van der Waals surface area contributed by atoms with E-state index in [4.69, 9.17) is 0 Å². The van der Waals surface area contributed by atoms with Crippen molar-refractivity contribution in [2.75, 3.05) is 0 Å². The first-order valence-electron chi connectivity index (χ1n) is 7.18. The summed E-state index contributed by atoms with van der Waals surface area (Å²) < 4.78 is 49.6. The molecule has 0 radical (unpaired) electrons. The van der Waals surface area contributed by atoms with Crippen LogP contribution in [0.4, 0.5) is 0 Å². The molecule has 0 saturated heterocycles. The van der Waals surface area contributed by atoms with Gasteiger partial charge in [0.05, 0.1) is 9.79 Å². The van der Waals surface area contributed by atoms with Crippen LogP contribution < -0.4 is 0 Å². The van der Waals surface area contributed by atoms with E-state index in [9.17, 15) is 16.8 Å². The second-order valence-electron chi connectivity index (χ2n) is 5.47. The average Bonchev–Trinajstić information content (AvgIpc) is 3.07. The van der Waals surface area contributed by atoms with Gasteiger partial charge in [0.15, 0.2) is 0 Å². The number of nitrogens with zero attached hydrogens (tertiary/aromatic N) is 2. The molecule has 0 unspecified atom stereocenters. The van der Waals surface area contributed by atoms with Gasteiger partial charge in [0.25, 0.3) is 0 Å². The molecular formula is C16H14N2O4S3. The van der Waals surface area contributed by atoms with Gasteiger partial charge in [0.2, 0.25) is 28.4 Å². The molecule has 0 saturated carbocycles. The lowest BCUT2D eigenvalue weighted by atomic mass is 10.2. The van der Waals surface area contributed by atoms with E-state index in [0.29, 0.717) is 11.3 Å². The van der Waals surface area contributed by atoms with Gasteiger partial charge in [-0.1, -0.05) is 46.7 Å². The molecule has 0 aliphatic carbocycles. The van der Waals surface area contributed by atoms with Gasteiger partial charge in [0.1, 0.15) is 0 Å². The zero-order chi connectivity index (χ0) is 18.2. The molecular weight excluding hydrogens is 380 g/mol. The second kappa shape index (κ2) is 6.32. The Bertz CT molecular complexity index is 1020. The Hall–Kier alpha value is -2.10. The average molecular weight is 394 g/mol. The normalized spacial score (nSPS) is 12.2.